The Hall–Kier alpha value is -3.37. The predicted molar refractivity (Wildman–Crippen MR) is 120 cm³/mol. The summed E-state index contributed by atoms with van der Waals surface area (Å²) in [6, 6.07) is 18.0. The monoisotopic (exact) mass is 475 g/mol. The maximum Gasteiger partial charge on any atom is 0.344 e. The van der Waals surface area contributed by atoms with Gasteiger partial charge in [-0.15, -0.1) is 11.3 Å². The Morgan fingerprint density at radius 3 is 2.25 bits per heavy atom. The second-order valence-corrected chi connectivity index (χ2v) is 9.55. The van der Waals surface area contributed by atoms with Crippen LogP contribution in [0, 0.1) is 0 Å². The molecule has 3 aromatic rings. The van der Waals surface area contributed by atoms with E-state index in [4.69, 9.17) is 14.2 Å². The first kappa shape index (κ1) is 23.3. The summed E-state index contributed by atoms with van der Waals surface area (Å²) in [5.41, 5.74) is 0.869. The summed E-state index contributed by atoms with van der Waals surface area (Å²) in [6.07, 6.45) is 0. The highest BCUT2D eigenvalue weighted by Crippen LogP contribution is 2.26. The van der Waals surface area contributed by atoms with E-state index in [0.29, 0.717) is 17.0 Å². The van der Waals surface area contributed by atoms with E-state index >= 15 is 0 Å². The highest BCUT2D eigenvalue weighted by atomic mass is 32.2. The highest BCUT2D eigenvalue weighted by molar-refractivity contribution is 7.94. The largest absolute Gasteiger partial charge is 0.482 e. The molecule has 10 heteroatoms. The van der Waals surface area contributed by atoms with Crippen molar-refractivity contribution in [3.8, 4) is 5.75 Å². The van der Waals surface area contributed by atoms with Crippen LogP contribution in [0.4, 0.5) is 5.69 Å². The van der Waals surface area contributed by atoms with E-state index in [9.17, 15) is 18.0 Å². The molecule has 0 N–H and O–H groups in total. The minimum Gasteiger partial charge on any atom is -0.482 e. The van der Waals surface area contributed by atoms with Crippen LogP contribution in [0.5, 0.6) is 5.75 Å². The molecule has 0 radical (unpaired) electrons. The Morgan fingerprint density at radius 2 is 1.59 bits per heavy atom. The minimum atomic E-state index is -3.62. The molecule has 0 aliphatic heterocycles. The van der Waals surface area contributed by atoms with Gasteiger partial charge < -0.3 is 14.2 Å². The highest BCUT2D eigenvalue weighted by Gasteiger charge is 2.22. The number of rotatable bonds is 10. The van der Waals surface area contributed by atoms with E-state index in [1.54, 1.807) is 72.1 Å². The van der Waals surface area contributed by atoms with E-state index in [-0.39, 0.29) is 24.0 Å². The third kappa shape index (κ3) is 6.08. The van der Waals surface area contributed by atoms with Crippen molar-refractivity contribution in [1.29, 1.82) is 0 Å². The van der Waals surface area contributed by atoms with Gasteiger partial charge in [0.15, 0.2) is 6.61 Å². The first-order valence-corrected chi connectivity index (χ1v) is 11.8. The number of hydrogen-bond acceptors (Lipinski definition) is 8. The van der Waals surface area contributed by atoms with Crippen LogP contribution >= 0.6 is 11.3 Å². The van der Waals surface area contributed by atoms with E-state index in [1.807, 2.05) is 0 Å². The van der Waals surface area contributed by atoms with E-state index < -0.39 is 22.0 Å². The minimum absolute atomic E-state index is 0.0702. The fourth-order valence-corrected chi connectivity index (χ4v) is 4.92. The fraction of sp³-hybridized carbons (Fsp3) is 0.182. The van der Waals surface area contributed by atoms with Crippen LogP contribution < -0.4 is 9.04 Å². The van der Waals surface area contributed by atoms with Gasteiger partial charge in [0.1, 0.15) is 23.2 Å². The van der Waals surface area contributed by atoms with Gasteiger partial charge in [-0.2, -0.15) is 0 Å². The van der Waals surface area contributed by atoms with Crippen molar-refractivity contribution >= 4 is 39.0 Å². The van der Waals surface area contributed by atoms with Gasteiger partial charge in [-0.3, -0.25) is 4.31 Å². The zero-order valence-electron chi connectivity index (χ0n) is 17.2. The van der Waals surface area contributed by atoms with Crippen molar-refractivity contribution in [2.75, 3.05) is 31.2 Å². The predicted octanol–water partition coefficient (Wildman–Crippen LogP) is 3.35. The molecule has 0 aliphatic rings. The summed E-state index contributed by atoms with van der Waals surface area (Å²) in [7, 11) is -2.16. The molecule has 0 saturated heterocycles. The normalized spacial score (nSPS) is 10.9. The number of sulfonamides is 1. The Labute approximate surface area is 190 Å². The summed E-state index contributed by atoms with van der Waals surface area (Å²) < 4.78 is 41.9. The molecule has 32 heavy (non-hydrogen) atoms. The first-order chi connectivity index (χ1) is 15.4. The van der Waals surface area contributed by atoms with Crippen LogP contribution in [0.15, 0.2) is 76.3 Å². The average molecular weight is 476 g/mol. The summed E-state index contributed by atoms with van der Waals surface area (Å²) in [5, 5.41) is 1.70. The summed E-state index contributed by atoms with van der Waals surface area (Å²) in [6.45, 7) is -0.500. The Morgan fingerprint density at radius 1 is 0.906 bits per heavy atom. The van der Waals surface area contributed by atoms with Crippen molar-refractivity contribution in [2.45, 2.75) is 4.21 Å². The molecule has 0 unspecified atom stereocenters. The zero-order chi connectivity index (χ0) is 23.0. The second kappa shape index (κ2) is 10.8. The number of carbonyl (C=O) groups is 2. The van der Waals surface area contributed by atoms with E-state index in [1.165, 1.54) is 11.4 Å². The van der Waals surface area contributed by atoms with Crippen LogP contribution in [0.25, 0.3) is 0 Å². The Balaban J connectivity index is 1.41. The van der Waals surface area contributed by atoms with Crippen molar-refractivity contribution in [3.05, 3.63) is 77.7 Å². The van der Waals surface area contributed by atoms with Crippen LogP contribution in [0.3, 0.4) is 0 Å². The fourth-order valence-electron chi connectivity index (χ4n) is 2.57. The zero-order valence-corrected chi connectivity index (χ0v) is 18.8. The van der Waals surface area contributed by atoms with Crippen LogP contribution in [0.2, 0.25) is 0 Å². The maximum absolute atomic E-state index is 12.6. The Kier molecular flexibility index (Phi) is 7.85. The van der Waals surface area contributed by atoms with Gasteiger partial charge >= 0.3 is 11.9 Å². The number of anilines is 1. The van der Waals surface area contributed by atoms with Crippen LogP contribution in [-0.4, -0.2) is 47.2 Å². The number of hydrogen-bond donors (Lipinski definition) is 0. The lowest BCUT2D eigenvalue weighted by atomic mass is 10.2. The van der Waals surface area contributed by atoms with Gasteiger partial charge in [-0.05, 0) is 47.8 Å². The molecular weight excluding hydrogens is 454 g/mol. The first-order valence-electron chi connectivity index (χ1n) is 9.51. The molecule has 0 bridgehead atoms. The van der Waals surface area contributed by atoms with Gasteiger partial charge in [-0.1, -0.05) is 24.3 Å². The van der Waals surface area contributed by atoms with E-state index in [0.717, 1.165) is 11.3 Å². The van der Waals surface area contributed by atoms with Gasteiger partial charge in [0.2, 0.25) is 0 Å². The Bertz CT molecular complexity index is 1130. The molecule has 1 aromatic heterocycles. The molecule has 2 aromatic carbocycles. The van der Waals surface area contributed by atoms with Crippen molar-refractivity contribution in [3.63, 3.8) is 0 Å². The number of nitrogens with zero attached hydrogens (tertiary/aromatic N) is 1. The van der Waals surface area contributed by atoms with Crippen molar-refractivity contribution < 1.29 is 32.2 Å². The molecule has 8 nitrogen and oxygen atoms in total. The van der Waals surface area contributed by atoms with Crippen molar-refractivity contribution in [2.24, 2.45) is 0 Å². The maximum atomic E-state index is 12.6. The molecule has 0 aliphatic carbocycles. The quantitative estimate of drug-likeness (QED) is 0.327. The molecule has 3 rings (SSSR count). The van der Waals surface area contributed by atoms with Gasteiger partial charge in [0, 0.05) is 7.05 Å². The summed E-state index contributed by atoms with van der Waals surface area (Å²) in [4.78, 5) is 23.6. The number of benzene rings is 2. The molecule has 1 heterocycles. The molecule has 0 spiro atoms. The SMILES string of the molecule is CN(c1ccc(OCC(=O)OCCOC(=O)c2ccccc2)cc1)S(=O)(=O)c1cccs1. The second-order valence-electron chi connectivity index (χ2n) is 6.41. The lowest BCUT2D eigenvalue weighted by Crippen LogP contribution is -2.25. The lowest BCUT2D eigenvalue weighted by Gasteiger charge is -2.18. The van der Waals surface area contributed by atoms with Gasteiger partial charge in [0.05, 0.1) is 11.3 Å². The standard InChI is InChI=1S/C22H21NO7S2/c1-23(32(26,27)21-8-5-15-31-21)18-9-11-19(12-10-18)30-16-20(24)28-13-14-29-22(25)17-6-3-2-4-7-17/h2-12,15H,13-14,16H2,1H3. The number of carbonyl (C=O) groups excluding carboxylic acids is 2. The molecule has 0 atom stereocenters. The topological polar surface area (TPSA) is 99.2 Å². The van der Waals surface area contributed by atoms with Crippen LogP contribution in [0.1, 0.15) is 10.4 Å². The molecular formula is C22H21NO7S2. The van der Waals surface area contributed by atoms with Crippen molar-refractivity contribution in [1.82, 2.24) is 0 Å². The molecule has 0 fully saturated rings. The van der Waals surface area contributed by atoms with Gasteiger partial charge in [0.25, 0.3) is 10.0 Å². The average Bonchev–Trinajstić information content (AvgIpc) is 3.37. The van der Waals surface area contributed by atoms with E-state index in [2.05, 4.69) is 0 Å². The molecule has 0 amide bonds. The van der Waals surface area contributed by atoms with Gasteiger partial charge in [-0.25, -0.2) is 18.0 Å². The third-order valence-electron chi connectivity index (χ3n) is 4.26. The number of esters is 2. The molecule has 0 saturated carbocycles. The third-order valence-corrected chi connectivity index (χ3v) is 7.41. The summed E-state index contributed by atoms with van der Waals surface area (Å²) in [5.74, 6) is -0.741. The smallest absolute Gasteiger partial charge is 0.344 e. The number of thiophene rings is 1. The number of ether oxygens (including phenoxy) is 3. The van der Waals surface area contributed by atoms with Crippen LogP contribution in [-0.2, 0) is 24.3 Å². The lowest BCUT2D eigenvalue weighted by molar-refractivity contribution is -0.147. The summed E-state index contributed by atoms with van der Waals surface area (Å²) >= 11 is 1.14. The molecule has 168 valence electrons.